The minimum Gasteiger partial charge on any atom is -0.494 e. The van der Waals surface area contributed by atoms with E-state index in [1.807, 2.05) is 77.7 Å². The Morgan fingerprint density at radius 1 is 1.00 bits per heavy atom. The maximum Gasteiger partial charge on any atom is 0.323 e. The van der Waals surface area contributed by atoms with Crippen LogP contribution in [0, 0.1) is 0 Å². The van der Waals surface area contributed by atoms with E-state index in [0.29, 0.717) is 13.2 Å². The summed E-state index contributed by atoms with van der Waals surface area (Å²) in [5.74, 6) is 0.811. The molecular formula is C23H25N3O3. The quantitative estimate of drug-likeness (QED) is 0.480. The first-order chi connectivity index (χ1) is 14.2. The van der Waals surface area contributed by atoms with Gasteiger partial charge in [-0.3, -0.25) is 4.79 Å². The largest absolute Gasteiger partial charge is 0.494 e. The third-order valence-corrected chi connectivity index (χ3v) is 4.31. The van der Waals surface area contributed by atoms with Crippen LogP contribution in [0.4, 0.5) is 11.5 Å². The molecule has 1 aromatic heterocycles. The Bertz CT molecular complexity index is 871. The molecule has 0 amide bonds. The van der Waals surface area contributed by atoms with Crippen LogP contribution in [0.2, 0.25) is 0 Å². The lowest BCUT2D eigenvalue weighted by atomic mass is 10.2. The van der Waals surface area contributed by atoms with E-state index < -0.39 is 5.97 Å². The lowest BCUT2D eigenvalue weighted by Crippen LogP contribution is -2.29. The second kappa shape index (κ2) is 10.7. The normalized spacial score (nSPS) is 10.3. The van der Waals surface area contributed by atoms with Gasteiger partial charge in [0.2, 0.25) is 0 Å². The first kappa shape index (κ1) is 20.2. The number of nitrogens with zero attached hydrogens (tertiary/aromatic N) is 2. The van der Waals surface area contributed by atoms with Crippen molar-refractivity contribution in [2.45, 2.75) is 13.0 Å². The van der Waals surface area contributed by atoms with Gasteiger partial charge in [0.15, 0.2) is 0 Å². The second-order valence-corrected chi connectivity index (χ2v) is 6.57. The Morgan fingerprint density at radius 2 is 1.76 bits per heavy atom. The number of aromatic nitrogens is 1. The van der Waals surface area contributed by atoms with Crippen molar-refractivity contribution in [3.05, 3.63) is 84.6 Å². The van der Waals surface area contributed by atoms with E-state index in [1.165, 1.54) is 0 Å². The Hall–Kier alpha value is -3.54. The second-order valence-electron chi connectivity index (χ2n) is 6.57. The number of hydrogen-bond donors (Lipinski definition) is 2. The van der Waals surface area contributed by atoms with Gasteiger partial charge in [0.1, 0.15) is 18.1 Å². The van der Waals surface area contributed by atoms with Crippen LogP contribution in [0.3, 0.4) is 0 Å². The van der Waals surface area contributed by atoms with E-state index in [1.54, 1.807) is 6.20 Å². The maximum absolute atomic E-state index is 11.2. The number of para-hydroxylation sites is 1. The van der Waals surface area contributed by atoms with E-state index in [9.17, 15) is 9.90 Å². The van der Waals surface area contributed by atoms with Gasteiger partial charge in [-0.05, 0) is 48.4 Å². The Labute approximate surface area is 170 Å². The average molecular weight is 391 g/mol. The number of rotatable bonds is 11. The number of carbonyl (C=O) groups is 1. The number of hydrogen-bond acceptors (Lipinski definition) is 5. The maximum atomic E-state index is 11.2. The fraction of sp³-hybridized carbons (Fsp3) is 0.217. The number of carboxylic acid groups (broad SMARTS) is 1. The van der Waals surface area contributed by atoms with E-state index in [0.717, 1.165) is 35.8 Å². The highest BCUT2D eigenvalue weighted by atomic mass is 16.5. The standard InChI is InChI=1S/C23H25N3O3/c27-23(28)18-26(20-7-2-1-3-8-20)17-19-10-12-21(13-11-19)29-16-6-15-25-22-9-4-5-14-24-22/h1-5,7-14H,6,15-18H2,(H,24,25)(H,27,28). The molecule has 2 aromatic carbocycles. The number of anilines is 2. The van der Waals surface area contributed by atoms with Crippen LogP contribution in [0.25, 0.3) is 0 Å². The van der Waals surface area contributed by atoms with Crippen molar-refractivity contribution < 1.29 is 14.6 Å². The molecule has 0 aliphatic rings. The van der Waals surface area contributed by atoms with Crippen molar-refractivity contribution in [1.29, 1.82) is 0 Å². The first-order valence-corrected chi connectivity index (χ1v) is 9.59. The summed E-state index contributed by atoms with van der Waals surface area (Å²) in [6.07, 6.45) is 2.62. The van der Waals surface area contributed by atoms with Crippen molar-refractivity contribution in [1.82, 2.24) is 4.98 Å². The van der Waals surface area contributed by atoms with Crippen LogP contribution in [-0.4, -0.2) is 35.8 Å². The summed E-state index contributed by atoms with van der Waals surface area (Å²) in [5.41, 5.74) is 1.91. The molecule has 0 saturated carbocycles. The molecule has 0 radical (unpaired) electrons. The van der Waals surface area contributed by atoms with Crippen LogP contribution >= 0.6 is 0 Å². The summed E-state index contributed by atoms with van der Waals surface area (Å²) >= 11 is 0. The topological polar surface area (TPSA) is 74.7 Å². The summed E-state index contributed by atoms with van der Waals surface area (Å²) in [6, 6.07) is 23.1. The van der Waals surface area contributed by atoms with Gasteiger partial charge in [0.05, 0.1) is 6.61 Å². The van der Waals surface area contributed by atoms with Gasteiger partial charge in [0.25, 0.3) is 0 Å². The van der Waals surface area contributed by atoms with Crippen molar-refractivity contribution in [2.24, 2.45) is 0 Å². The van der Waals surface area contributed by atoms with Gasteiger partial charge >= 0.3 is 5.97 Å². The smallest absolute Gasteiger partial charge is 0.323 e. The van der Waals surface area contributed by atoms with Crippen LogP contribution in [0.1, 0.15) is 12.0 Å². The molecule has 0 bridgehead atoms. The van der Waals surface area contributed by atoms with Gasteiger partial charge in [-0.1, -0.05) is 36.4 Å². The highest BCUT2D eigenvalue weighted by molar-refractivity contribution is 5.73. The number of benzene rings is 2. The minimum absolute atomic E-state index is 0.0501. The van der Waals surface area contributed by atoms with Crippen molar-refractivity contribution in [2.75, 3.05) is 29.9 Å². The molecule has 0 spiro atoms. The van der Waals surface area contributed by atoms with Crippen molar-refractivity contribution in [3.8, 4) is 5.75 Å². The fourth-order valence-corrected chi connectivity index (χ4v) is 2.90. The summed E-state index contributed by atoms with van der Waals surface area (Å²) in [5, 5.41) is 12.5. The molecule has 6 nitrogen and oxygen atoms in total. The van der Waals surface area contributed by atoms with Gasteiger partial charge in [-0.15, -0.1) is 0 Å². The third kappa shape index (κ3) is 6.84. The predicted octanol–water partition coefficient (Wildman–Crippen LogP) is 4.05. The molecule has 2 N–H and O–H groups in total. The zero-order valence-corrected chi connectivity index (χ0v) is 16.2. The molecule has 29 heavy (non-hydrogen) atoms. The van der Waals surface area contributed by atoms with E-state index in [4.69, 9.17) is 4.74 Å². The van der Waals surface area contributed by atoms with Gasteiger partial charge < -0.3 is 20.1 Å². The fourth-order valence-electron chi connectivity index (χ4n) is 2.90. The van der Waals surface area contributed by atoms with Crippen LogP contribution in [0.5, 0.6) is 5.75 Å². The monoisotopic (exact) mass is 391 g/mol. The number of nitrogens with one attached hydrogen (secondary N) is 1. The van der Waals surface area contributed by atoms with Gasteiger partial charge in [-0.25, -0.2) is 4.98 Å². The molecule has 3 rings (SSSR count). The molecule has 0 saturated heterocycles. The zero-order chi connectivity index (χ0) is 20.3. The molecule has 150 valence electrons. The molecule has 0 aliphatic heterocycles. The Kier molecular flexibility index (Phi) is 7.46. The van der Waals surface area contributed by atoms with E-state index in [-0.39, 0.29) is 6.54 Å². The molecule has 6 heteroatoms. The number of carboxylic acids is 1. The molecule has 0 fully saturated rings. The molecule has 1 heterocycles. The van der Waals surface area contributed by atoms with Crippen LogP contribution < -0.4 is 15.0 Å². The molecule has 0 unspecified atom stereocenters. The molecule has 3 aromatic rings. The lowest BCUT2D eigenvalue weighted by Gasteiger charge is -2.23. The van der Waals surface area contributed by atoms with Gasteiger partial charge in [0, 0.05) is 25.0 Å². The number of pyridine rings is 1. The number of ether oxygens (including phenoxy) is 1. The van der Waals surface area contributed by atoms with Crippen molar-refractivity contribution >= 4 is 17.5 Å². The van der Waals surface area contributed by atoms with Gasteiger partial charge in [-0.2, -0.15) is 0 Å². The highest BCUT2D eigenvalue weighted by Gasteiger charge is 2.11. The SMILES string of the molecule is O=C(O)CN(Cc1ccc(OCCCNc2ccccn2)cc1)c1ccccc1. The van der Waals surface area contributed by atoms with E-state index >= 15 is 0 Å². The Morgan fingerprint density at radius 3 is 2.45 bits per heavy atom. The lowest BCUT2D eigenvalue weighted by molar-refractivity contribution is -0.135. The summed E-state index contributed by atoms with van der Waals surface area (Å²) in [7, 11) is 0. The summed E-state index contributed by atoms with van der Waals surface area (Å²) < 4.78 is 5.78. The summed E-state index contributed by atoms with van der Waals surface area (Å²) in [6.45, 7) is 1.86. The highest BCUT2D eigenvalue weighted by Crippen LogP contribution is 2.19. The third-order valence-electron chi connectivity index (χ3n) is 4.31. The molecule has 0 atom stereocenters. The number of aliphatic carboxylic acids is 1. The minimum atomic E-state index is -0.854. The zero-order valence-electron chi connectivity index (χ0n) is 16.2. The van der Waals surface area contributed by atoms with Crippen molar-refractivity contribution in [3.63, 3.8) is 0 Å². The van der Waals surface area contributed by atoms with Crippen LogP contribution in [-0.2, 0) is 11.3 Å². The Balaban J connectivity index is 1.46. The average Bonchev–Trinajstić information content (AvgIpc) is 2.75. The molecule has 0 aliphatic carbocycles. The molecular weight excluding hydrogens is 366 g/mol. The predicted molar refractivity (Wildman–Crippen MR) is 114 cm³/mol. The first-order valence-electron chi connectivity index (χ1n) is 9.59. The summed E-state index contributed by atoms with van der Waals surface area (Å²) in [4.78, 5) is 17.3. The van der Waals surface area contributed by atoms with Crippen LogP contribution in [0.15, 0.2) is 79.0 Å². The van der Waals surface area contributed by atoms with E-state index in [2.05, 4.69) is 10.3 Å².